The van der Waals surface area contributed by atoms with E-state index < -0.39 is 0 Å². The summed E-state index contributed by atoms with van der Waals surface area (Å²) in [6, 6.07) is 21.9. The highest BCUT2D eigenvalue weighted by Crippen LogP contribution is 2.17. The Morgan fingerprint density at radius 2 is 1.59 bits per heavy atom. The second-order valence-electron chi connectivity index (χ2n) is 7.70. The van der Waals surface area contributed by atoms with Crippen molar-refractivity contribution in [3.8, 4) is 0 Å². The Bertz CT molecular complexity index is 1390. The molecule has 0 fully saturated rings. The molecule has 0 bridgehead atoms. The summed E-state index contributed by atoms with van der Waals surface area (Å²) in [6.07, 6.45) is 1.01. The van der Waals surface area contributed by atoms with E-state index in [-0.39, 0.29) is 30.1 Å². The van der Waals surface area contributed by atoms with E-state index in [0.29, 0.717) is 34.3 Å². The average molecular weight is 447 g/mol. The third-order valence-corrected chi connectivity index (χ3v) is 5.83. The highest BCUT2D eigenvalue weighted by molar-refractivity contribution is 6.31. The van der Waals surface area contributed by atoms with Crippen LogP contribution in [0.2, 0.25) is 5.02 Å². The number of aryl methyl sites for hydroxylation is 1. The van der Waals surface area contributed by atoms with Crippen molar-refractivity contribution in [1.29, 1.82) is 0 Å². The van der Waals surface area contributed by atoms with Crippen molar-refractivity contribution in [2.75, 3.05) is 0 Å². The molecule has 0 amide bonds. The smallest absolute Gasteiger partial charge is 0.294 e. The molecule has 32 heavy (non-hydrogen) atoms. The van der Waals surface area contributed by atoms with Gasteiger partial charge in [0.05, 0.1) is 17.4 Å². The van der Waals surface area contributed by atoms with E-state index in [4.69, 9.17) is 11.6 Å². The van der Waals surface area contributed by atoms with Crippen LogP contribution in [0.15, 0.2) is 82.4 Å². The van der Waals surface area contributed by atoms with Crippen LogP contribution in [0.3, 0.4) is 0 Å². The SMILES string of the molecule is CCC(=O)c1ccc(Cn2c(=O)n(CCc3ccccc3)c(=O)c3ccc(Cl)cc32)cc1. The average Bonchev–Trinajstić information content (AvgIpc) is 2.82. The lowest BCUT2D eigenvalue weighted by molar-refractivity contribution is 0.0988. The van der Waals surface area contributed by atoms with Crippen molar-refractivity contribution in [2.45, 2.75) is 32.9 Å². The van der Waals surface area contributed by atoms with E-state index in [9.17, 15) is 14.4 Å². The van der Waals surface area contributed by atoms with Crippen LogP contribution in [0, 0.1) is 0 Å². The molecule has 0 atom stereocenters. The lowest BCUT2D eigenvalue weighted by Gasteiger charge is -2.15. The molecule has 0 spiro atoms. The topological polar surface area (TPSA) is 61.1 Å². The predicted molar refractivity (Wildman–Crippen MR) is 128 cm³/mol. The Morgan fingerprint density at radius 3 is 2.28 bits per heavy atom. The Kier molecular flexibility index (Phi) is 6.37. The molecule has 4 rings (SSSR count). The van der Waals surface area contributed by atoms with Gasteiger partial charge in [0, 0.05) is 23.6 Å². The molecule has 1 heterocycles. The van der Waals surface area contributed by atoms with Gasteiger partial charge in [0.15, 0.2) is 5.78 Å². The lowest BCUT2D eigenvalue weighted by Crippen LogP contribution is -2.40. The minimum absolute atomic E-state index is 0.0698. The molecule has 3 aromatic carbocycles. The molecular formula is C26H23ClN2O3. The van der Waals surface area contributed by atoms with E-state index in [1.165, 1.54) is 4.57 Å². The molecule has 5 nitrogen and oxygen atoms in total. The number of aromatic nitrogens is 2. The summed E-state index contributed by atoms with van der Waals surface area (Å²) in [5.74, 6) is 0.0698. The molecule has 0 saturated heterocycles. The number of halogens is 1. The maximum Gasteiger partial charge on any atom is 0.331 e. The van der Waals surface area contributed by atoms with Crippen LogP contribution in [0.1, 0.15) is 34.8 Å². The van der Waals surface area contributed by atoms with E-state index in [1.54, 1.807) is 34.9 Å². The summed E-state index contributed by atoms with van der Waals surface area (Å²) in [5, 5.41) is 0.899. The molecular weight excluding hydrogens is 424 g/mol. The van der Waals surface area contributed by atoms with Gasteiger partial charge in [-0.1, -0.05) is 73.1 Å². The van der Waals surface area contributed by atoms with Crippen molar-refractivity contribution in [3.05, 3.63) is 115 Å². The minimum Gasteiger partial charge on any atom is -0.294 e. The van der Waals surface area contributed by atoms with Gasteiger partial charge in [-0.3, -0.25) is 18.7 Å². The quantitative estimate of drug-likeness (QED) is 0.386. The van der Waals surface area contributed by atoms with Crippen molar-refractivity contribution in [2.24, 2.45) is 0 Å². The number of rotatable bonds is 7. The summed E-state index contributed by atoms with van der Waals surface area (Å²) in [4.78, 5) is 38.4. The highest BCUT2D eigenvalue weighted by atomic mass is 35.5. The fourth-order valence-corrected chi connectivity index (χ4v) is 3.97. The third-order valence-electron chi connectivity index (χ3n) is 5.59. The van der Waals surface area contributed by atoms with Crippen molar-refractivity contribution >= 4 is 28.3 Å². The van der Waals surface area contributed by atoms with Crippen molar-refractivity contribution < 1.29 is 4.79 Å². The number of hydrogen-bond acceptors (Lipinski definition) is 3. The monoisotopic (exact) mass is 446 g/mol. The summed E-state index contributed by atoms with van der Waals surface area (Å²) in [6.45, 7) is 2.37. The number of carbonyl (C=O) groups is 1. The lowest BCUT2D eigenvalue weighted by atomic mass is 10.1. The molecule has 0 N–H and O–H groups in total. The van der Waals surface area contributed by atoms with Crippen molar-refractivity contribution in [3.63, 3.8) is 0 Å². The van der Waals surface area contributed by atoms with Gasteiger partial charge in [0.1, 0.15) is 0 Å². The highest BCUT2D eigenvalue weighted by Gasteiger charge is 2.14. The van der Waals surface area contributed by atoms with Crippen LogP contribution in [0.5, 0.6) is 0 Å². The fraction of sp³-hybridized carbons (Fsp3) is 0.192. The van der Waals surface area contributed by atoms with Gasteiger partial charge in [-0.15, -0.1) is 0 Å². The summed E-state index contributed by atoms with van der Waals surface area (Å²) in [7, 11) is 0. The maximum atomic E-state index is 13.4. The first-order valence-electron chi connectivity index (χ1n) is 10.6. The third kappa shape index (κ3) is 4.43. The minimum atomic E-state index is -0.380. The van der Waals surface area contributed by atoms with Crippen LogP contribution < -0.4 is 11.2 Å². The van der Waals surface area contributed by atoms with Crippen LogP contribution in [0.25, 0.3) is 10.9 Å². The molecule has 162 valence electrons. The summed E-state index contributed by atoms with van der Waals surface area (Å²) in [5.41, 5.74) is 2.35. The molecule has 0 aliphatic rings. The molecule has 4 aromatic rings. The largest absolute Gasteiger partial charge is 0.331 e. The summed E-state index contributed by atoms with van der Waals surface area (Å²) < 4.78 is 2.86. The van der Waals surface area contributed by atoms with Crippen LogP contribution in [-0.2, 0) is 19.5 Å². The Balaban J connectivity index is 1.78. The van der Waals surface area contributed by atoms with E-state index in [0.717, 1.165) is 11.1 Å². The van der Waals surface area contributed by atoms with E-state index >= 15 is 0 Å². The van der Waals surface area contributed by atoms with Gasteiger partial charge in [-0.25, -0.2) is 4.79 Å². The number of carbonyl (C=O) groups excluding carboxylic acids is 1. The Hall–Kier alpha value is -3.44. The van der Waals surface area contributed by atoms with Crippen LogP contribution >= 0.6 is 11.6 Å². The zero-order valence-electron chi connectivity index (χ0n) is 17.8. The molecule has 1 aromatic heterocycles. The number of fused-ring (bicyclic) bond motifs is 1. The number of hydrogen-bond donors (Lipinski definition) is 0. The maximum absolute atomic E-state index is 13.4. The van der Waals surface area contributed by atoms with Gasteiger partial charge in [0.25, 0.3) is 5.56 Å². The van der Waals surface area contributed by atoms with Gasteiger partial charge in [0.2, 0.25) is 0 Å². The number of nitrogens with zero attached hydrogens (tertiary/aromatic N) is 2. The van der Waals surface area contributed by atoms with Gasteiger partial charge in [-0.2, -0.15) is 0 Å². The predicted octanol–water partition coefficient (Wildman–Crippen LogP) is 4.70. The Morgan fingerprint density at radius 1 is 0.875 bits per heavy atom. The van der Waals surface area contributed by atoms with Crippen LogP contribution in [0.4, 0.5) is 0 Å². The normalized spacial score (nSPS) is 11.1. The molecule has 0 aliphatic heterocycles. The fourth-order valence-electron chi connectivity index (χ4n) is 3.81. The second kappa shape index (κ2) is 9.37. The standard InChI is InChI=1S/C26H23ClN2O3/c1-2-24(30)20-10-8-19(9-11-20)17-29-23-16-21(27)12-13-22(23)25(31)28(26(29)32)15-14-18-6-4-3-5-7-18/h3-13,16H,2,14-15,17H2,1H3. The zero-order valence-corrected chi connectivity index (χ0v) is 18.5. The molecule has 0 unspecified atom stereocenters. The van der Waals surface area contributed by atoms with Crippen LogP contribution in [-0.4, -0.2) is 14.9 Å². The first-order chi connectivity index (χ1) is 15.5. The van der Waals surface area contributed by atoms with E-state index in [1.807, 2.05) is 49.4 Å². The van der Waals surface area contributed by atoms with Crippen molar-refractivity contribution in [1.82, 2.24) is 9.13 Å². The van der Waals surface area contributed by atoms with Gasteiger partial charge < -0.3 is 0 Å². The van der Waals surface area contributed by atoms with E-state index in [2.05, 4.69) is 0 Å². The number of Topliss-reactive ketones (excluding diaryl/α,β-unsaturated/α-hetero) is 1. The number of ketones is 1. The molecule has 0 aliphatic carbocycles. The molecule has 0 saturated carbocycles. The number of benzene rings is 3. The Labute approximate surface area is 190 Å². The zero-order chi connectivity index (χ0) is 22.7. The summed E-state index contributed by atoms with van der Waals surface area (Å²) >= 11 is 6.19. The van der Waals surface area contributed by atoms with Gasteiger partial charge in [-0.05, 0) is 35.7 Å². The molecule has 0 radical (unpaired) electrons. The first-order valence-corrected chi connectivity index (χ1v) is 10.9. The molecule has 6 heteroatoms. The van der Waals surface area contributed by atoms with Gasteiger partial charge >= 0.3 is 5.69 Å². The first kappa shape index (κ1) is 21.8. The second-order valence-corrected chi connectivity index (χ2v) is 8.13.